The minimum Gasteiger partial charge on any atom is -0.352 e. The molecule has 2 rings (SSSR count). The van der Waals surface area contributed by atoms with Gasteiger partial charge in [-0.05, 0) is 19.2 Å². The number of hydrogen-bond donors (Lipinski definition) is 0. The number of alkyl halides is 3. The van der Waals surface area contributed by atoms with Crippen LogP contribution in [0, 0.1) is 0 Å². The summed E-state index contributed by atoms with van der Waals surface area (Å²) in [4.78, 5) is 21.8. The van der Waals surface area contributed by atoms with Crippen LogP contribution in [-0.4, -0.2) is 66.5 Å². The maximum atomic E-state index is 12.7. The molecule has 0 radical (unpaired) electrons. The van der Waals surface area contributed by atoms with Crippen LogP contribution in [0.1, 0.15) is 19.4 Å². The molecule has 0 atom stereocenters. The van der Waals surface area contributed by atoms with E-state index in [1.54, 1.807) is 4.90 Å². The van der Waals surface area contributed by atoms with Crippen LogP contribution >= 0.6 is 11.6 Å². The topological polar surface area (TPSA) is 39.7 Å². The number of nitrogens with zero attached hydrogens (tertiary/aromatic N) is 4. The normalized spacial score (nSPS) is 15.8. The summed E-state index contributed by atoms with van der Waals surface area (Å²) in [5.41, 5.74) is -0.866. The molecule has 2 heterocycles. The van der Waals surface area contributed by atoms with Gasteiger partial charge in [-0.25, -0.2) is 4.98 Å². The smallest absolute Gasteiger partial charge is 0.352 e. The Labute approximate surface area is 150 Å². The largest absolute Gasteiger partial charge is 0.417 e. The van der Waals surface area contributed by atoms with Gasteiger partial charge < -0.3 is 9.80 Å². The zero-order chi connectivity index (χ0) is 18.6. The van der Waals surface area contributed by atoms with E-state index in [9.17, 15) is 18.0 Å². The highest BCUT2D eigenvalue weighted by Crippen LogP contribution is 2.33. The molecule has 0 bridgehead atoms. The first kappa shape index (κ1) is 19.8. The number of likely N-dealkylation sites (N-methyl/N-ethyl adjacent to an activating group) is 1. The van der Waals surface area contributed by atoms with Gasteiger partial charge >= 0.3 is 6.18 Å². The SMILES string of the molecule is CCN(CC)CC(=O)N1CCN(c2ncc(C(F)(F)F)cc2Cl)CC1. The van der Waals surface area contributed by atoms with E-state index in [1.807, 2.05) is 23.6 Å². The molecule has 25 heavy (non-hydrogen) atoms. The van der Waals surface area contributed by atoms with Crippen LogP contribution in [0.5, 0.6) is 0 Å². The van der Waals surface area contributed by atoms with Crippen LogP contribution in [0.4, 0.5) is 19.0 Å². The monoisotopic (exact) mass is 378 g/mol. The molecule has 1 aliphatic heterocycles. The number of aromatic nitrogens is 1. The standard InChI is InChI=1S/C16H22ClF3N4O/c1-3-22(4-2)11-14(25)23-5-7-24(8-6-23)15-13(17)9-12(10-21-15)16(18,19)20/h9-10H,3-8,11H2,1-2H3. The molecule has 1 aliphatic rings. The van der Waals surface area contributed by atoms with E-state index in [-0.39, 0.29) is 10.9 Å². The third-order valence-corrected chi connectivity index (χ3v) is 4.61. The van der Waals surface area contributed by atoms with Crippen LogP contribution in [-0.2, 0) is 11.0 Å². The van der Waals surface area contributed by atoms with E-state index in [2.05, 4.69) is 4.98 Å². The second-order valence-corrected chi connectivity index (χ2v) is 6.26. The Morgan fingerprint density at radius 2 is 1.84 bits per heavy atom. The van der Waals surface area contributed by atoms with Gasteiger partial charge in [-0.3, -0.25) is 9.69 Å². The molecule has 1 amide bonds. The average Bonchev–Trinajstić information content (AvgIpc) is 2.58. The maximum Gasteiger partial charge on any atom is 0.417 e. The molecule has 5 nitrogen and oxygen atoms in total. The third kappa shape index (κ3) is 4.98. The van der Waals surface area contributed by atoms with E-state index in [0.29, 0.717) is 38.5 Å². The summed E-state index contributed by atoms with van der Waals surface area (Å²) in [7, 11) is 0. The molecular formula is C16H22ClF3N4O. The van der Waals surface area contributed by atoms with E-state index >= 15 is 0 Å². The highest BCUT2D eigenvalue weighted by molar-refractivity contribution is 6.33. The quantitative estimate of drug-likeness (QED) is 0.790. The van der Waals surface area contributed by atoms with Gasteiger partial charge in [0.2, 0.25) is 5.91 Å². The summed E-state index contributed by atoms with van der Waals surface area (Å²) < 4.78 is 38.1. The minimum absolute atomic E-state index is 0.0299. The van der Waals surface area contributed by atoms with Gasteiger partial charge in [0, 0.05) is 32.4 Å². The average molecular weight is 379 g/mol. The second kappa shape index (κ2) is 8.23. The molecule has 1 aromatic rings. The zero-order valence-corrected chi connectivity index (χ0v) is 15.1. The van der Waals surface area contributed by atoms with E-state index in [4.69, 9.17) is 11.6 Å². The Morgan fingerprint density at radius 3 is 2.32 bits per heavy atom. The van der Waals surface area contributed by atoms with Crippen molar-refractivity contribution in [2.24, 2.45) is 0 Å². The zero-order valence-electron chi connectivity index (χ0n) is 14.3. The number of carbonyl (C=O) groups is 1. The van der Waals surface area contributed by atoms with Gasteiger partial charge in [0.1, 0.15) is 5.82 Å². The number of rotatable bonds is 5. The van der Waals surface area contributed by atoms with Crippen molar-refractivity contribution in [1.82, 2.24) is 14.8 Å². The van der Waals surface area contributed by atoms with Crippen molar-refractivity contribution >= 4 is 23.3 Å². The van der Waals surface area contributed by atoms with Crippen LogP contribution in [0.25, 0.3) is 0 Å². The molecule has 1 saturated heterocycles. The van der Waals surface area contributed by atoms with E-state index in [0.717, 1.165) is 25.4 Å². The van der Waals surface area contributed by atoms with Crippen molar-refractivity contribution < 1.29 is 18.0 Å². The molecule has 140 valence electrons. The van der Waals surface area contributed by atoms with Gasteiger partial charge in [-0.15, -0.1) is 0 Å². The van der Waals surface area contributed by atoms with E-state index < -0.39 is 11.7 Å². The first-order chi connectivity index (χ1) is 11.8. The van der Waals surface area contributed by atoms with Crippen LogP contribution in [0.3, 0.4) is 0 Å². The second-order valence-electron chi connectivity index (χ2n) is 5.86. The Balaban J connectivity index is 1.97. The molecule has 0 aromatic carbocycles. The molecule has 9 heteroatoms. The molecular weight excluding hydrogens is 357 g/mol. The van der Waals surface area contributed by atoms with Crippen molar-refractivity contribution in [3.8, 4) is 0 Å². The Morgan fingerprint density at radius 1 is 1.24 bits per heavy atom. The Hall–Kier alpha value is -1.54. The predicted molar refractivity (Wildman–Crippen MR) is 90.8 cm³/mol. The van der Waals surface area contributed by atoms with Crippen molar-refractivity contribution in [2.45, 2.75) is 20.0 Å². The van der Waals surface area contributed by atoms with Gasteiger partial charge in [0.15, 0.2) is 0 Å². The molecule has 0 spiro atoms. The minimum atomic E-state index is -4.47. The highest BCUT2D eigenvalue weighted by Gasteiger charge is 2.32. The van der Waals surface area contributed by atoms with Gasteiger partial charge in [-0.2, -0.15) is 13.2 Å². The molecule has 1 fully saturated rings. The van der Waals surface area contributed by atoms with Crippen LogP contribution < -0.4 is 4.90 Å². The first-order valence-corrected chi connectivity index (χ1v) is 8.61. The molecule has 0 saturated carbocycles. The molecule has 1 aromatic heterocycles. The number of hydrogen-bond acceptors (Lipinski definition) is 4. The van der Waals surface area contributed by atoms with Crippen LogP contribution in [0.15, 0.2) is 12.3 Å². The molecule has 0 aliphatic carbocycles. The Kier molecular flexibility index (Phi) is 6.51. The summed E-state index contributed by atoms with van der Waals surface area (Å²) in [6.07, 6.45) is -3.68. The number of piperazine rings is 1. The summed E-state index contributed by atoms with van der Waals surface area (Å²) in [5, 5.41) is -0.0299. The lowest BCUT2D eigenvalue weighted by Gasteiger charge is -2.36. The van der Waals surface area contributed by atoms with Crippen molar-refractivity contribution in [3.63, 3.8) is 0 Å². The molecule has 0 unspecified atom stereocenters. The maximum absolute atomic E-state index is 12.7. The fraction of sp³-hybridized carbons (Fsp3) is 0.625. The van der Waals surface area contributed by atoms with Gasteiger partial charge in [0.25, 0.3) is 0 Å². The number of carbonyl (C=O) groups excluding carboxylic acids is 1. The summed E-state index contributed by atoms with van der Waals surface area (Å²) in [6.45, 7) is 8.00. The summed E-state index contributed by atoms with van der Waals surface area (Å²) >= 11 is 5.98. The number of amides is 1. The Bertz CT molecular complexity index is 600. The van der Waals surface area contributed by atoms with Crippen molar-refractivity contribution in [1.29, 1.82) is 0 Å². The number of anilines is 1. The molecule has 0 N–H and O–H groups in total. The lowest BCUT2D eigenvalue weighted by atomic mass is 10.2. The van der Waals surface area contributed by atoms with Gasteiger partial charge in [0.05, 0.1) is 17.1 Å². The van der Waals surface area contributed by atoms with Crippen molar-refractivity contribution in [2.75, 3.05) is 50.7 Å². The summed E-state index contributed by atoms with van der Waals surface area (Å²) in [5.74, 6) is 0.389. The fourth-order valence-corrected chi connectivity index (χ4v) is 3.01. The lowest BCUT2D eigenvalue weighted by molar-refractivity contribution is -0.138. The first-order valence-electron chi connectivity index (χ1n) is 8.24. The number of halogens is 4. The third-order valence-electron chi connectivity index (χ3n) is 4.33. The highest BCUT2D eigenvalue weighted by atomic mass is 35.5. The lowest BCUT2D eigenvalue weighted by Crippen LogP contribution is -2.51. The fourth-order valence-electron chi connectivity index (χ4n) is 2.72. The van der Waals surface area contributed by atoms with Crippen LogP contribution in [0.2, 0.25) is 5.02 Å². The predicted octanol–water partition coefficient (Wildman–Crippen LogP) is 2.74. The summed E-state index contributed by atoms with van der Waals surface area (Å²) in [6, 6.07) is 0.891. The van der Waals surface area contributed by atoms with Crippen molar-refractivity contribution in [3.05, 3.63) is 22.8 Å². The van der Waals surface area contributed by atoms with E-state index in [1.165, 1.54) is 0 Å². The van der Waals surface area contributed by atoms with Gasteiger partial charge in [-0.1, -0.05) is 25.4 Å². The number of pyridine rings is 1.